The summed E-state index contributed by atoms with van der Waals surface area (Å²) in [5.41, 5.74) is 0.0917. The number of rotatable bonds is 5. The minimum atomic E-state index is -1.05. The number of hydrogen-bond acceptors (Lipinski definition) is 4. The molecule has 0 spiro atoms. The van der Waals surface area contributed by atoms with E-state index in [1.807, 2.05) is 6.92 Å². The molecule has 114 valence electrons. The van der Waals surface area contributed by atoms with Crippen LogP contribution in [0.3, 0.4) is 0 Å². The van der Waals surface area contributed by atoms with Crippen LogP contribution in [0.5, 0.6) is 5.75 Å². The highest BCUT2D eigenvalue weighted by Crippen LogP contribution is 2.31. The van der Waals surface area contributed by atoms with E-state index in [1.54, 1.807) is 24.3 Å². The predicted octanol–water partition coefficient (Wildman–Crippen LogP) is 1.48. The van der Waals surface area contributed by atoms with Crippen molar-refractivity contribution < 1.29 is 19.4 Å². The van der Waals surface area contributed by atoms with Crippen LogP contribution < -0.4 is 15.4 Å². The quantitative estimate of drug-likeness (QED) is 0.765. The Labute approximate surface area is 123 Å². The Morgan fingerprint density at radius 2 is 2.00 bits per heavy atom. The van der Waals surface area contributed by atoms with Crippen molar-refractivity contribution in [1.82, 2.24) is 5.32 Å². The second-order valence-electron chi connectivity index (χ2n) is 5.44. The molecule has 3 N–H and O–H groups in total. The van der Waals surface area contributed by atoms with Crippen LogP contribution >= 0.6 is 0 Å². The van der Waals surface area contributed by atoms with Gasteiger partial charge in [-0.3, -0.25) is 4.79 Å². The van der Waals surface area contributed by atoms with Crippen LogP contribution in [0.1, 0.15) is 19.8 Å². The van der Waals surface area contributed by atoms with Crippen LogP contribution in [0, 0.1) is 5.41 Å². The Bertz CT molecular complexity index is 524. The van der Waals surface area contributed by atoms with Crippen molar-refractivity contribution in [2.24, 2.45) is 5.41 Å². The lowest BCUT2D eigenvalue weighted by Gasteiger charge is -2.32. The number of hydrogen-bond donors (Lipinski definition) is 3. The van der Waals surface area contributed by atoms with E-state index in [1.165, 1.54) is 0 Å². The molecular weight excluding hydrogens is 272 g/mol. The molecule has 0 saturated carbocycles. The maximum Gasteiger partial charge on any atom is 0.341 e. The third kappa shape index (κ3) is 3.95. The Hall–Kier alpha value is -2.08. The fraction of sp³-hybridized carbons (Fsp3) is 0.467. The molecule has 1 fully saturated rings. The zero-order valence-electron chi connectivity index (χ0n) is 12.0. The van der Waals surface area contributed by atoms with Gasteiger partial charge < -0.3 is 20.5 Å². The van der Waals surface area contributed by atoms with Crippen LogP contribution in [-0.4, -0.2) is 36.7 Å². The van der Waals surface area contributed by atoms with Gasteiger partial charge in [-0.25, -0.2) is 4.79 Å². The molecule has 6 nitrogen and oxygen atoms in total. The molecule has 1 aromatic rings. The van der Waals surface area contributed by atoms with Crippen molar-refractivity contribution in [3.05, 3.63) is 24.3 Å². The van der Waals surface area contributed by atoms with Gasteiger partial charge in [0.05, 0.1) is 5.69 Å². The van der Waals surface area contributed by atoms with E-state index >= 15 is 0 Å². The zero-order chi connectivity index (χ0) is 15.3. The third-order valence-corrected chi connectivity index (χ3v) is 3.74. The van der Waals surface area contributed by atoms with Crippen LogP contribution in [0.25, 0.3) is 0 Å². The third-order valence-electron chi connectivity index (χ3n) is 3.74. The van der Waals surface area contributed by atoms with Gasteiger partial charge in [0, 0.05) is 5.41 Å². The second-order valence-corrected chi connectivity index (χ2v) is 5.44. The first kappa shape index (κ1) is 15.3. The van der Waals surface area contributed by atoms with Gasteiger partial charge in [-0.1, -0.05) is 19.1 Å². The minimum Gasteiger partial charge on any atom is -0.480 e. The fourth-order valence-electron chi connectivity index (χ4n) is 2.31. The molecule has 6 heteroatoms. The fourth-order valence-corrected chi connectivity index (χ4v) is 2.31. The lowest BCUT2D eigenvalue weighted by atomic mass is 9.80. The predicted molar refractivity (Wildman–Crippen MR) is 78.4 cm³/mol. The topological polar surface area (TPSA) is 87.7 Å². The summed E-state index contributed by atoms with van der Waals surface area (Å²) >= 11 is 0. The molecule has 0 unspecified atom stereocenters. The lowest BCUT2D eigenvalue weighted by molar-refractivity contribution is -0.139. The molecule has 1 heterocycles. The summed E-state index contributed by atoms with van der Waals surface area (Å²) < 4.78 is 5.19. The molecule has 21 heavy (non-hydrogen) atoms. The molecule has 1 amide bonds. The molecule has 1 saturated heterocycles. The van der Waals surface area contributed by atoms with Gasteiger partial charge in [0.15, 0.2) is 6.61 Å². The monoisotopic (exact) mass is 292 g/mol. The largest absolute Gasteiger partial charge is 0.480 e. The first-order valence-electron chi connectivity index (χ1n) is 6.97. The molecule has 2 rings (SSSR count). The highest BCUT2D eigenvalue weighted by Gasteiger charge is 2.34. The summed E-state index contributed by atoms with van der Waals surface area (Å²) in [6.07, 6.45) is 1.55. The number of anilines is 1. The summed E-state index contributed by atoms with van der Waals surface area (Å²) in [5.74, 6) is -0.748. The molecular formula is C15H20N2O4. The summed E-state index contributed by atoms with van der Waals surface area (Å²) in [5, 5.41) is 14.8. The molecule has 1 aromatic carbocycles. The average Bonchev–Trinajstić information content (AvgIpc) is 2.47. The Balaban J connectivity index is 2.08. The zero-order valence-corrected chi connectivity index (χ0v) is 12.0. The molecule has 0 aromatic heterocycles. The van der Waals surface area contributed by atoms with E-state index in [2.05, 4.69) is 10.6 Å². The van der Waals surface area contributed by atoms with E-state index in [0.717, 1.165) is 25.9 Å². The van der Waals surface area contributed by atoms with E-state index in [0.29, 0.717) is 11.4 Å². The number of carboxylic acid groups (broad SMARTS) is 1. The van der Waals surface area contributed by atoms with Gasteiger partial charge in [0.2, 0.25) is 5.91 Å². The van der Waals surface area contributed by atoms with Gasteiger partial charge in [0.1, 0.15) is 5.75 Å². The number of ether oxygens (including phenoxy) is 1. The lowest BCUT2D eigenvalue weighted by Crippen LogP contribution is -2.42. The number of carboxylic acids is 1. The summed E-state index contributed by atoms with van der Waals surface area (Å²) in [6, 6.07) is 6.86. The SMILES string of the molecule is CC1(C(=O)Nc2ccccc2OCC(=O)O)CCNCC1. The highest BCUT2D eigenvalue weighted by molar-refractivity contribution is 5.96. The van der Waals surface area contributed by atoms with Crippen molar-refractivity contribution in [2.75, 3.05) is 25.0 Å². The minimum absolute atomic E-state index is 0.0598. The van der Waals surface area contributed by atoms with Crippen molar-refractivity contribution in [2.45, 2.75) is 19.8 Å². The number of para-hydroxylation sites is 2. The molecule has 1 aliphatic heterocycles. The molecule has 0 aliphatic carbocycles. The summed E-state index contributed by atoms with van der Waals surface area (Å²) in [6.45, 7) is 3.15. The van der Waals surface area contributed by atoms with E-state index in [9.17, 15) is 9.59 Å². The number of piperidine rings is 1. The molecule has 0 radical (unpaired) electrons. The highest BCUT2D eigenvalue weighted by atomic mass is 16.5. The van der Waals surface area contributed by atoms with E-state index in [-0.39, 0.29) is 5.91 Å². The van der Waals surface area contributed by atoms with Crippen molar-refractivity contribution >= 4 is 17.6 Å². The van der Waals surface area contributed by atoms with Crippen LogP contribution in [0.2, 0.25) is 0 Å². The average molecular weight is 292 g/mol. The number of nitrogens with one attached hydrogen (secondary N) is 2. The van der Waals surface area contributed by atoms with Crippen molar-refractivity contribution in [3.8, 4) is 5.75 Å². The van der Waals surface area contributed by atoms with E-state index in [4.69, 9.17) is 9.84 Å². The van der Waals surface area contributed by atoms with Crippen LogP contribution in [0.15, 0.2) is 24.3 Å². The normalized spacial score (nSPS) is 17.0. The van der Waals surface area contributed by atoms with Gasteiger partial charge in [-0.2, -0.15) is 0 Å². The molecule has 0 atom stereocenters. The van der Waals surface area contributed by atoms with Gasteiger partial charge in [0.25, 0.3) is 0 Å². The van der Waals surface area contributed by atoms with Crippen molar-refractivity contribution in [1.29, 1.82) is 0 Å². The Kier molecular flexibility index (Phi) is 4.80. The van der Waals surface area contributed by atoms with E-state index < -0.39 is 18.0 Å². The smallest absolute Gasteiger partial charge is 0.341 e. The number of aliphatic carboxylic acids is 1. The molecule has 0 bridgehead atoms. The molecule has 1 aliphatic rings. The Morgan fingerprint density at radius 3 is 2.67 bits per heavy atom. The number of carbonyl (C=O) groups excluding carboxylic acids is 1. The first-order valence-corrected chi connectivity index (χ1v) is 6.97. The Morgan fingerprint density at radius 1 is 1.33 bits per heavy atom. The summed E-state index contributed by atoms with van der Waals surface area (Å²) in [7, 11) is 0. The standard InChI is InChI=1S/C15H20N2O4/c1-15(6-8-16-9-7-15)14(20)17-11-4-2-3-5-12(11)21-10-13(18)19/h2-5,16H,6-10H2,1H3,(H,17,20)(H,18,19). The summed E-state index contributed by atoms with van der Waals surface area (Å²) in [4.78, 5) is 23.1. The second kappa shape index (κ2) is 6.58. The number of amides is 1. The van der Waals surface area contributed by atoms with Gasteiger partial charge in [-0.05, 0) is 38.1 Å². The maximum atomic E-state index is 12.5. The van der Waals surface area contributed by atoms with Crippen LogP contribution in [-0.2, 0) is 9.59 Å². The van der Waals surface area contributed by atoms with Crippen molar-refractivity contribution in [3.63, 3.8) is 0 Å². The van der Waals surface area contributed by atoms with Gasteiger partial charge >= 0.3 is 5.97 Å². The number of carbonyl (C=O) groups is 2. The van der Waals surface area contributed by atoms with Gasteiger partial charge in [-0.15, -0.1) is 0 Å². The van der Waals surface area contributed by atoms with Crippen LogP contribution in [0.4, 0.5) is 5.69 Å². The maximum absolute atomic E-state index is 12.5. The first-order chi connectivity index (χ1) is 10.0. The number of benzene rings is 1.